The number of hydrogen-bond donors (Lipinski definition) is 0. The number of halogens is 1. The lowest BCUT2D eigenvalue weighted by molar-refractivity contribution is -0.00000857. The van der Waals surface area contributed by atoms with Crippen LogP contribution in [0.5, 0.6) is 5.75 Å². The van der Waals surface area contributed by atoms with Crippen molar-refractivity contribution in [2.24, 2.45) is 5.41 Å². The molecule has 36 heavy (non-hydrogen) atoms. The molecule has 0 radical (unpaired) electrons. The van der Waals surface area contributed by atoms with Gasteiger partial charge < -0.3 is 21.7 Å². The minimum Gasteiger partial charge on any atom is -1.00 e. The zero-order valence-corrected chi connectivity index (χ0v) is 24.3. The van der Waals surface area contributed by atoms with Crippen LogP contribution in [0.3, 0.4) is 0 Å². The molecule has 2 nitrogen and oxygen atoms in total. The monoisotopic (exact) mass is 544 g/mol. The molecule has 0 spiro atoms. The summed E-state index contributed by atoms with van der Waals surface area (Å²) in [7, 11) is 0. The van der Waals surface area contributed by atoms with E-state index in [4.69, 9.17) is 9.15 Å². The molecule has 0 amide bonds. The van der Waals surface area contributed by atoms with Gasteiger partial charge in [-0.2, -0.15) is 0 Å². The molecule has 4 rings (SSSR count). The van der Waals surface area contributed by atoms with E-state index in [9.17, 15) is 0 Å². The quantitative estimate of drug-likeness (QED) is 0.273. The molecule has 0 fully saturated rings. The molecule has 1 aromatic heterocycles. The first-order chi connectivity index (χ1) is 16.4. The third kappa shape index (κ3) is 6.25. The fourth-order valence-corrected chi connectivity index (χ4v) is 4.05. The predicted molar refractivity (Wildman–Crippen MR) is 150 cm³/mol. The Balaban J connectivity index is 0.00000361. The van der Waals surface area contributed by atoms with Gasteiger partial charge in [0.05, 0.1) is 10.8 Å². The zero-order chi connectivity index (χ0) is 25.4. The van der Waals surface area contributed by atoms with Crippen molar-refractivity contribution in [3.05, 3.63) is 107 Å². The number of allylic oxidation sites excluding steroid dienone is 7. The highest BCUT2D eigenvalue weighted by molar-refractivity contribution is 5.87. The molecule has 0 atom stereocenters. The van der Waals surface area contributed by atoms with Crippen molar-refractivity contribution in [3.63, 3.8) is 0 Å². The third-order valence-corrected chi connectivity index (χ3v) is 6.16. The molecular formula is C33H37BrO2. The smallest absolute Gasteiger partial charge is 0.360 e. The lowest BCUT2D eigenvalue weighted by Crippen LogP contribution is -3.00. The summed E-state index contributed by atoms with van der Waals surface area (Å²) >= 11 is 0. The number of aryl methyl sites for hydroxylation is 2. The number of rotatable bonds is 3. The van der Waals surface area contributed by atoms with Gasteiger partial charge in [-0.25, -0.2) is 4.42 Å². The van der Waals surface area contributed by atoms with E-state index in [1.807, 2.05) is 0 Å². The first kappa shape index (κ1) is 27.7. The van der Waals surface area contributed by atoms with E-state index in [-0.39, 0.29) is 27.8 Å². The fraction of sp³-hybridized carbons (Fsp3) is 0.303. The van der Waals surface area contributed by atoms with E-state index >= 15 is 0 Å². The van der Waals surface area contributed by atoms with Gasteiger partial charge in [-0.15, -0.1) is 0 Å². The minimum atomic E-state index is -0.0619. The van der Waals surface area contributed by atoms with Crippen LogP contribution in [0, 0.1) is 19.3 Å². The standard InChI is InChI=1S/C33H37O2.BrH/c1-22-14-16-28-26(18-22)24(20-30(34-28)32(3,4)5)12-10-9-11-13-25-21-31(33(6,7)8)35-29-17-15-23(2)19-27(25)29;/h9-21H,1-8H3;1H/q+1;/p-1. The molecule has 0 saturated heterocycles. The molecule has 1 aliphatic rings. The first-order valence-electron chi connectivity index (χ1n) is 12.4. The van der Waals surface area contributed by atoms with Crippen LogP contribution < -0.4 is 21.7 Å². The van der Waals surface area contributed by atoms with Crippen LogP contribution >= 0.6 is 0 Å². The Labute approximate surface area is 226 Å². The largest absolute Gasteiger partial charge is 1.00 e. The summed E-state index contributed by atoms with van der Waals surface area (Å²) in [5.74, 6) is 2.88. The summed E-state index contributed by atoms with van der Waals surface area (Å²) in [6.45, 7) is 17.3. The van der Waals surface area contributed by atoms with Crippen LogP contribution in [0.15, 0.2) is 83.0 Å². The minimum absolute atomic E-state index is 0. The average Bonchev–Trinajstić information content (AvgIpc) is 2.77. The Kier molecular flexibility index (Phi) is 8.15. The normalized spacial score (nSPS) is 15.2. The van der Waals surface area contributed by atoms with Crippen molar-refractivity contribution in [3.8, 4) is 5.75 Å². The molecule has 0 aliphatic carbocycles. The highest BCUT2D eigenvalue weighted by Crippen LogP contribution is 2.40. The molecule has 1 aliphatic heterocycles. The van der Waals surface area contributed by atoms with Crippen molar-refractivity contribution in [1.29, 1.82) is 0 Å². The van der Waals surface area contributed by atoms with E-state index in [1.165, 1.54) is 22.3 Å². The first-order valence-corrected chi connectivity index (χ1v) is 12.4. The highest BCUT2D eigenvalue weighted by Gasteiger charge is 2.28. The highest BCUT2D eigenvalue weighted by atomic mass is 79.9. The van der Waals surface area contributed by atoms with Crippen molar-refractivity contribution in [2.45, 2.75) is 60.8 Å². The second-order valence-corrected chi connectivity index (χ2v) is 11.5. The number of fused-ring (bicyclic) bond motifs is 2. The van der Waals surface area contributed by atoms with Crippen molar-refractivity contribution in [1.82, 2.24) is 0 Å². The maximum atomic E-state index is 6.23. The van der Waals surface area contributed by atoms with Crippen molar-refractivity contribution >= 4 is 22.6 Å². The summed E-state index contributed by atoms with van der Waals surface area (Å²) in [6.07, 6.45) is 12.8. The van der Waals surface area contributed by atoms with Gasteiger partial charge in [-0.3, -0.25) is 0 Å². The number of hydrogen-bond acceptors (Lipinski definition) is 1. The van der Waals surface area contributed by atoms with Gasteiger partial charge in [0.25, 0.3) is 0 Å². The van der Waals surface area contributed by atoms with Gasteiger partial charge in [0, 0.05) is 28.7 Å². The molecule has 3 aromatic rings. The molecular weight excluding hydrogens is 508 g/mol. The van der Waals surface area contributed by atoms with Crippen LogP contribution in [0.1, 0.15) is 69.6 Å². The summed E-state index contributed by atoms with van der Waals surface area (Å²) in [6, 6.07) is 14.9. The van der Waals surface area contributed by atoms with Crippen molar-refractivity contribution < 1.29 is 26.1 Å². The van der Waals surface area contributed by atoms with Gasteiger partial charge in [0.2, 0.25) is 0 Å². The maximum Gasteiger partial charge on any atom is 0.360 e. The van der Waals surface area contributed by atoms with Crippen LogP contribution in [0.25, 0.3) is 22.6 Å². The van der Waals surface area contributed by atoms with Gasteiger partial charge in [0.15, 0.2) is 0 Å². The molecule has 2 aromatic carbocycles. The third-order valence-electron chi connectivity index (χ3n) is 6.16. The van der Waals surface area contributed by atoms with Crippen LogP contribution in [0.2, 0.25) is 0 Å². The van der Waals surface area contributed by atoms with Gasteiger partial charge in [-0.05, 0) is 76.1 Å². The second-order valence-electron chi connectivity index (χ2n) is 11.5. The van der Waals surface area contributed by atoms with Crippen LogP contribution in [-0.2, 0) is 5.41 Å². The van der Waals surface area contributed by atoms with Gasteiger partial charge >= 0.3 is 11.3 Å². The second kappa shape index (κ2) is 10.6. The SMILES string of the molecule is Cc1ccc2c(c1)C(=CC=CC=Cc1cc(C(C)(C)C)[o+]c3ccc(C)cc13)C=C(C(C)(C)C)O2.[Br-]. The van der Waals surface area contributed by atoms with E-state index in [1.54, 1.807) is 0 Å². The molecule has 3 heteroatoms. The number of ether oxygens (including phenoxy) is 1. The summed E-state index contributed by atoms with van der Waals surface area (Å²) in [5.41, 5.74) is 6.71. The maximum absolute atomic E-state index is 6.23. The van der Waals surface area contributed by atoms with E-state index < -0.39 is 0 Å². The summed E-state index contributed by atoms with van der Waals surface area (Å²) < 4.78 is 12.5. The summed E-state index contributed by atoms with van der Waals surface area (Å²) in [4.78, 5) is 0. The van der Waals surface area contributed by atoms with Gasteiger partial charge in [0.1, 0.15) is 11.5 Å². The van der Waals surface area contributed by atoms with Crippen LogP contribution in [-0.4, -0.2) is 0 Å². The Morgan fingerprint density at radius 1 is 0.778 bits per heavy atom. The topological polar surface area (TPSA) is 20.5 Å². The Morgan fingerprint density at radius 2 is 1.47 bits per heavy atom. The predicted octanol–water partition coefficient (Wildman–Crippen LogP) is 6.61. The Hall–Kier alpha value is -2.91. The fourth-order valence-electron chi connectivity index (χ4n) is 4.05. The molecule has 0 unspecified atom stereocenters. The molecule has 188 valence electrons. The van der Waals surface area contributed by atoms with Crippen molar-refractivity contribution in [2.75, 3.05) is 0 Å². The lowest BCUT2D eigenvalue weighted by Gasteiger charge is -2.28. The number of benzene rings is 2. The van der Waals surface area contributed by atoms with Crippen LogP contribution in [0.4, 0.5) is 0 Å². The lowest BCUT2D eigenvalue weighted by atomic mass is 9.89. The molecule has 0 N–H and O–H groups in total. The Morgan fingerprint density at radius 3 is 2.17 bits per heavy atom. The molecule has 0 bridgehead atoms. The van der Waals surface area contributed by atoms with E-state index in [0.717, 1.165) is 33.8 Å². The Bertz CT molecular complexity index is 1390. The molecule has 2 heterocycles. The van der Waals surface area contributed by atoms with E-state index in [0.29, 0.717) is 0 Å². The zero-order valence-electron chi connectivity index (χ0n) is 22.7. The molecule has 0 saturated carbocycles. The average molecular weight is 546 g/mol. The van der Waals surface area contributed by atoms with E-state index in [2.05, 4.69) is 134 Å². The summed E-state index contributed by atoms with van der Waals surface area (Å²) in [5, 5.41) is 1.13. The van der Waals surface area contributed by atoms with Gasteiger partial charge in [-0.1, -0.05) is 62.8 Å².